The zero-order valence-corrected chi connectivity index (χ0v) is 15.1. The molecule has 6 nitrogen and oxygen atoms in total. The van der Waals surface area contributed by atoms with Crippen LogP contribution in [0.4, 0.5) is 0 Å². The number of aromatic nitrogens is 2. The lowest BCUT2D eigenvalue weighted by Gasteiger charge is -2.21. The highest BCUT2D eigenvalue weighted by atomic mass is 32.1. The highest BCUT2D eigenvalue weighted by Gasteiger charge is 2.20. The third-order valence-corrected chi connectivity index (χ3v) is 4.71. The molecule has 3 rings (SSSR count). The summed E-state index contributed by atoms with van der Waals surface area (Å²) in [4.78, 5) is 33.1. The zero-order valence-electron chi connectivity index (χ0n) is 14.3. The van der Waals surface area contributed by atoms with Crippen molar-refractivity contribution in [3.8, 4) is 5.75 Å². The molecule has 0 fully saturated rings. The molecule has 25 heavy (non-hydrogen) atoms. The molecule has 1 amide bonds. The molecule has 0 saturated heterocycles. The van der Waals surface area contributed by atoms with Crippen molar-refractivity contribution in [1.29, 1.82) is 0 Å². The molecule has 0 spiro atoms. The molecule has 1 unspecified atom stereocenters. The van der Waals surface area contributed by atoms with E-state index in [0.717, 1.165) is 5.56 Å². The normalized spacial score (nSPS) is 12.1. The average molecular weight is 357 g/mol. The summed E-state index contributed by atoms with van der Waals surface area (Å²) in [7, 11) is 1.66. The molecule has 2 heterocycles. The van der Waals surface area contributed by atoms with Crippen molar-refractivity contribution < 1.29 is 9.53 Å². The summed E-state index contributed by atoms with van der Waals surface area (Å²) >= 11 is 1.35. The number of nitrogens with zero attached hydrogens (tertiary/aromatic N) is 2. The van der Waals surface area contributed by atoms with Gasteiger partial charge in [-0.1, -0.05) is 17.7 Å². The number of aryl methyl sites for hydroxylation is 1. The Bertz CT molecular complexity index is 946. The predicted octanol–water partition coefficient (Wildman–Crippen LogP) is 2.72. The first-order valence-corrected chi connectivity index (χ1v) is 8.76. The Kier molecular flexibility index (Phi) is 4.85. The molecular weight excluding hydrogens is 338 g/mol. The molecule has 0 bridgehead atoms. The molecule has 7 heteroatoms. The number of fused-ring (bicyclic) bond motifs is 1. The maximum absolute atomic E-state index is 12.5. The third-order valence-electron chi connectivity index (χ3n) is 3.81. The number of H-pyrrole nitrogens is 1. The number of aromatic amines is 1. The fourth-order valence-electron chi connectivity index (χ4n) is 2.48. The second kappa shape index (κ2) is 7.06. The van der Waals surface area contributed by atoms with Crippen molar-refractivity contribution in [3.63, 3.8) is 0 Å². The van der Waals surface area contributed by atoms with Crippen molar-refractivity contribution in [1.82, 2.24) is 14.9 Å². The highest BCUT2D eigenvalue weighted by Crippen LogP contribution is 2.16. The van der Waals surface area contributed by atoms with Crippen molar-refractivity contribution in [3.05, 3.63) is 57.5 Å². The summed E-state index contributed by atoms with van der Waals surface area (Å²) in [6.45, 7) is 3.91. The van der Waals surface area contributed by atoms with Gasteiger partial charge in [0.15, 0.2) is 6.10 Å². The summed E-state index contributed by atoms with van der Waals surface area (Å²) in [5.74, 6) is 0.911. The van der Waals surface area contributed by atoms with Crippen LogP contribution in [0.25, 0.3) is 10.2 Å². The predicted molar refractivity (Wildman–Crippen MR) is 98.0 cm³/mol. The molecule has 130 valence electrons. The highest BCUT2D eigenvalue weighted by molar-refractivity contribution is 7.17. The number of carbonyl (C=O) groups is 1. The van der Waals surface area contributed by atoms with Crippen LogP contribution in [0, 0.1) is 6.92 Å². The number of amides is 1. The smallest absolute Gasteiger partial charge is 0.268 e. The molecule has 3 aromatic rings. The van der Waals surface area contributed by atoms with Crippen LogP contribution in [0.2, 0.25) is 0 Å². The monoisotopic (exact) mass is 357 g/mol. The molecule has 0 aliphatic heterocycles. The molecule has 0 saturated carbocycles. The second-order valence-electron chi connectivity index (χ2n) is 5.92. The van der Waals surface area contributed by atoms with Gasteiger partial charge < -0.3 is 14.6 Å². The Morgan fingerprint density at radius 1 is 1.32 bits per heavy atom. The lowest BCUT2D eigenvalue weighted by Crippen LogP contribution is -2.38. The van der Waals surface area contributed by atoms with Crippen LogP contribution in [0.15, 0.2) is 40.5 Å². The van der Waals surface area contributed by atoms with Gasteiger partial charge in [-0.15, -0.1) is 11.3 Å². The largest absolute Gasteiger partial charge is 0.481 e. The van der Waals surface area contributed by atoms with Crippen molar-refractivity contribution in [2.45, 2.75) is 26.5 Å². The van der Waals surface area contributed by atoms with Gasteiger partial charge in [-0.05, 0) is 37.4 Å². The maximum atomic E-state index is 12.5. The Balaban J connectivity index is 1.68. The molecule has 0 aliphatic rings. The fraction of sp³-hybridized carbons (Fsp3) is 0.278. The Hall–Kier alpha value is -2.67. The van der Waals surface area contributed by atoms with E-state index in [1.165, 1.54) is 16.2 Å². The number of likely N-dealkylation sites (N-methyl/N-ethyl adjacent to an activating group) is 1. The molecule has 1 N–H and O–H groups in total. The Morgan fingerprint density at radius 2 is 2.04 bits per heavy atom. The molecule has 0 aliphatic carbocycles. The summed E-state index contributed by atoms with van der Waals surface area (Å²) in [6.07, 6.45) is -0.635. The Labute approximate surface area is 149 Å². The van der Waals surface area contributed by atoms with E-state index in [1.54, 1.807) is 20.0 Å². The number of carbonyl (C=O) groups excluding carboxylic acids is 1. The first-order valence-electron chi connectivity index (χ1n) is 7.89. The Morgan fingerprint density at radius 3 is 2.76 bits per heavy atom. The number of thiophene rings is 1. The fourth-order valence-corrected chi connectivity index (χ4v) is 3.21. The van der Waals surface area contributed by atoms with E-state index in [9.17, 15) is 9.59 Å². The number of ether oxygens (including phenoxy) is 1. The maximum Gasteiger partial charge on any atom is 0.268 e. The number of nitrogens with one attached hydrogen (secondary N) is 1. The number of hydrogen-bond acceptors (Lipinski definition) is 5. The number of rotatable bonds is 5. The first kappa shape index (κ1) is 17.2. The molecule has 1 atom stereocenters. The zero-order chi connectivity index (χ0) is 18.0. The van der Waals surface area contributed by atoms with Gasteiger partial charge in [-0.3, -0.25) is 9.59 Å². The minimum Gasteiger partial charge on any atom is -0.481 e. The summed E-state index contributed by atoms with van der Waals surface area (Å²) in [6, 6.07) is 9.33. The van der Waals surface area contributed by atoms with Crippen LogP contribution in [-0.2, 0) is 11.3 Å². The van der Waals surface area contributed by atoms with E-state index in [0.29, 0.717) is 21.8 Å². The van der Waals surface area contributed by atoms with Gasteiger partial charge >= 0.3 is 0 Å². The topological polar surface area (TPSA) is 75.3 Å². The minimum atomic E-state index is -0.635. The first-order chi connectivity index (χ1) is 11.9. The van der Waals surface area contributed by atoms with Gasteiger partial charge in [0, 0.05) is 7.05 Å². The molecule has 0 radical (unpaired) electrons. The summed E-state index contributed by atoms with van der Waals surface area (Å²) < 4.78 is 6.28. The second-order valence-corrected chi connectivity index (χ2v) is 6.83. The number of benzene rings is 1. The van der Waals surface area contributed by atoms with Crippen LogP contribution < -0.4 is 10.3 Å². The van der Waals surface area contributed by atoms with Gasteiger partial charge in [0.25, 0.3) is 11.5 Å². The van der Waals surface area contributed by atoms with Crippen LogP contribution in [0.3, 0.4) is 0 Å². The molecule has 1 aromatic carbocycles. The van der Waals surface area contributed by atoms with E-state index in [-0.39, 0.29) is 18.0 Å². The number of hydrogen-bond donors (Lipinski definition) is 1. The van der Waals surface area contributed by atoms with Crippen molar-refractivity contribution in [2.75, 3.05) is 7.05 Å². The van der Waals surface area contributed by atoms with Gasteiger partial charge in [0.05, 0.1) is 12.1 Å². The van der Waals surface area contributed by atoms with E-state index in [1.807, 2.05) is 36.6 Å². The minimum absolute atomic E-state index is 0.181. The van der Waals surface area contributed by atoms with E-state index < -0.39 is 6.10 Å². The lowest BCUT2D eigenvalue weighted by atomic mass is 10.2. The van der Waals surface area contributed by atoms with Gasteiger partial charge in [-0.25, -0.2) is 4.98 Å². The average Bonchev–Trinajstić information content (AvgIpc) is 3.05. The summed E-state index contributed by atoms with van der Waals surface area (Å²) in [5, 5.41) is 1.82. The van der Waals surface area contributed by atoms with Crippen LogP contribution in [0.5, 0.6) is 5.75 Å². The van der Waals surface area contributed by atoms with Gasteiger partial charge in [0.2, 0.25) is 0 Å². The van der Waals surface area contributed by atoms with Gasteiger partial charge in [0.1, 0.15) is 16.3 Å². The lowest BCUT2D eigenvalue weighted by molar-refractivity contribution is -0.137. The van der Waals surface area contributed by atoms with Crippen LogP contribution in [0.1, 0.15) is 18.3 Å². The van der Waals surface area contributed by atoms with E-state index >= 15 is 0 Å². The van der Waals surface area contributed by atoms with Crippen molar-refractivity contribution >= 4 is 27.5 Å². The quantitative estimate of drug-likeness (QED) is 0.762. The molecule has 2 aromatic heterocycles. The van der Waals surface area contributed by atoms with Crippen LogP contribution in [-0.4, -0.2) is 33.9 Å². The van der Waals surface area contributed by atoms with Gasteiger partial charge in [-0.2, -0.15) is 0 Å². The third kappa shape index (κ3) is 3.88. The van der Waals surface area contributed by atoms with E-state index in [4.69, 9.17) is 4.74 Å². The van der Waals surface area contributed by atoms with Crippen molar-refractivity contribution in [2.24, 2.45) is 0 Å². The standard InChI is InChI=1S/C18H19N3O3S/c1-11-4-6-13(7-5-11)24-12(2)18(23)21(3)10-15-19-14-8-9-25-16(14)17(22)20-15/h4-9,12H,10H2,1-3H3,(H,19,20,22). The van der Waals surface area contributed by atoms with Crippen LogP contribution >= 0.6 is 11.3 Å². The SMILES string of the molecule is Cc1ccc(OC(C)C(=O)N(C)Cc2nc3ccsc3c(=O)[nH]2)cc1. The van der Waals surface area contributed by atoms with E-state index in [2.05, 4.69) is 9.97 Å². The summed E-state index contributed by atoms with van der Waals surface area (Å²) in [5.41, 5.74) is 1.59. The molecular formula is C18H19N3O3S.